The normalized spacial score (nSPS) is 10.7. The van der Waals surface area contributed by atoms with Gasteiger partial charge in [0.1, 0.15) is 5.82 Å². The van der Waals surface area contributed by atoms with Crippen LogP contribution in [0.4, 0.5) is 10.1 Å². The smallest absolute Gasteiger partial charge is 0.123 e. The minimum Gasteiger partial charge on any atom is -0.331 e. The Morgan fingerprint density at radius 2 is 2.10 bits per heavy atom. The quantitative estimate of drug-likeness (QED) is 0.611. The van der Waals surface area contributed by atoms with E-state index >= 15 is 0 Å². The van der Waals surface area contributed by atoms with Gasteiger partial charge in [-0.15, -0.1) is 0 Å². The highest BCUT2D eigenvalue weighted by Crippen LogP contribution is 2.15. The Kier molecular flexibility index (Phi) is 4.60. The van der Waals surface area contributed by atoms with Gasteiger partial charge < -0.3 is 4.90 Å². The third-order valence-electron chi connectivity index (χ3n) is 2.85. The minimum absolute atomic E-state index is 0.268. The van der Waals surface area contributed by atoms with Gasteiger partial charge in [0.25, 0.3) is 0 Å². The SMILES string of the molecule is C=C(N=CN(CC)c1cccnc1)c1ccc(F)cc1. The van der Waals surface area contributed by atoms with Gasteiger partial charge in [-0.05, 0) is 48.9 Å². The molecule has 20 heavy (non-hydrogen) atoms. The van der Waals surface area contributed by atoms with Crippen LogP contribution in [0.1, 0.15) is 12.5 Å². The summed E-state index contributed by atoms with van der Waals surface area (Å²) in [5, 5.41) is 0. The molecule has 102 valence electrons. The van der Waals surface area contributed by atoms with Crippen molar-refractivity contribution in [3.05, 3.63) is 66.8 Å². The van der Waals surface area contributed by atoms with Crippen molar-refractivity contribution in [2.24, 2.45) is 4.99 Å². The first-order valence-electron chi connectivity index (χ1n) is 6.36. The molecule has 2 rings (SSSR count). The molecule has 0 spiro atoms. The Morgan fingerprint density at radius 1 is 1.35 bits per heavy atom. The number of pyridine rings is 1. The van der Waals surface area contributed by atoms with Gasteiger partial charge in [0.2, 0.25) is 0 Å². The van der Waals surface area contributed by atoms with E-state index in [9.17, 15) is 4.39 Å². The predicted molar refractivity (Wildman–Crippen MR) is 81.2 cm³/mol. The first-order chi connectivity index (χ1) is 9.70. The van der Waals surface area contributed by atoms with E-state index in [2.05, 4.69) is 16.6 Å². The fourth-order valence-corrected chi connectivity index (χ4v) is 1.71. The van der Waals surface area contributed by atoms with Crippen LogP contribution in [0, 0.1) is 5.82 Å². The van der Waals surface area contributed by atoms with E-state index in [0.717, 1.165) is 17.8 Å². The Balaban J connectivity index is 2.11. The molecule has 2 aromatic rings. The standard InChI is InChI=1S/C16H16FN3/c1-3-20(16-5-4-10-18-11-16)12-19-13(2)14-6-8-15(17)9-7-14/h4-12H,2-3H2,1H3. The summed E-state index contributed by atoms with van der Waals surface area (Å²) in [6.07, 6.45) is 5.21. The lowest BCUT2D eigenvalue weighted by molar-refractivity contribution is 0.627. The average Bonchev–Trinajstić information content (AvgIpc) is 2.49. The van der Waals surface area contributed by atoms with Crippen LogP contribution in [-0.2, 0) is 0 Å². The molecule has 0 fully saturated rings. The van der Waals surface area contributed by atoms with Crippen LogP contribution in [0.3, 0.4) is 0 Å². The van der Waals surface area contributed by atoms with Crippen molar-refractivity contribution in [3.8, 4) is 0 Å². The van der Waals surface area contributed by atoms with Gasteiger partial charge >= 0.3 is 0 Å². The van der Waals surface area contributed by atoms with Crippen molar-refractivity contribution in [2.75, 3.05) is 11.4 Å². The molecule has 1 heterocycles. The summed E-state index contributed by atoms with van der Waals surface area (Å²) in [6, 6.07) is 9.96. The number of benzene rings is 1. The average molecular weight is 269 g/mol. The summed E-state index contributed by atoms with van der Waals surface area (Å²) in [5.74, 6) is -0.268. The van der Waals surface area contributed by atoms with Crippen LogP contribution < -0.4 is 4.90 Å². The van der Waals surface area contributed by atoms with Gasteiger partial charge in [-0.3, -0.25) is 4.98 Å². The molecule has 1 aromatic carbocycles. The van der Waals surface area contributed by atoms with Crippen molar-refractivity contribution in [3.63, 3.8) is 0 Å². The molecular formula is C16H16FN3. The van der Waals surface area contributed by atoms with Crippen LogP contribution in [-0.4, -0.2) is 17.9 Å². The van der Waals surface area contributed by atoms with E-state index < -0.39 is 0 Å². The highest BCUT2D eigenvalue weighted by atomic mass is 19.1. The van der Waals surface area contributed by atoms with E-state index in [1.54, 1.807) is 30.9 Å². The van der Waals surface area contributed by atoms with Gasteiger partial charge in [0.15, 0.2) is 0 Å². The number of rotatable bonds is 5. The van der Waals surface area contributed by atoms with Gasteiger partial charge in [0.05, 0.1) is 23.9 Å². The highest BCUT2D eigenvalue weighted by Gasteiger charge is 2.01. The molecule has 0 aliphatic carbocycles. The fourth-order valence-electron chi connectivity index (χ4n) is 1.71. The number of aromatic nitrogens is 1. The van der Waals surface area contributed by atoms with Crippen molar-refractivity contribution in [1.82, 2.24) is 4.98 Å². The number of aliphatic imine (C=N–C) groups is 1. The maximum absolute atomic E-state index is 12.9. The second-order valence-corrected chi connectivity index (χ2v) is 4.20. The monoisotopic (exact) mass is 269 g/mol. The van der Waals surface area contributed by atoms with Crippen LogP contribution in [0.5, 0.6) is 0 Å². The van der Waals surface area contributed by atoms with Gasteiger partial charge in [-0.2, -0.15) is 0 Å². The van der Waals surface area contributed by atoms with Gasteiger partial charge in [0, 0.05) is 12.7 Å². The number of nitrogens with zero attached hydrogens (tertiary/aromatic N) is 3. The molecule has 0 unspecified atom stereocenters. The van der Waals surface area contributed by atoms with E-state index in [-0.39, 0.29) is 5.82 Å². The first kappa shape index (κ1) is 13.9. The molecule has 0 atom stereocenters. The molecule has 0 aliphatic heterocycles. The zero-order chi connectivity index (χ0) is 14.4. The third-order valence-corrected chi connectivity index (χ3v) is 2.85. The van der Waals surface area contributed by atoms with Crippen LogP contribution in [0.25, 0.3) is 5.70 Å². The van der Waals surface area contributed by atoms with Crippen LogP contribution in [0.2, 0.25) is 0 Å². The van der Waals surface area contributed by atoms with Crippen molar-refractivity contribution in [1.29, 1.82) is 0 Å². The minimum atomic E-state index is -0.268. The lowest BCUT2D eigenvalue weighted by Gasteiger charge is -2.16. The van der Waals surface area contributed by atoms with E-state index in [1.165, 1.54) is 12.1 Å². The molecule has 0 N–H and O–H groups in total. The largest absolute Gasteiger partial charge is 0.331 e. The number of halogens is 1. The second-order valence-electron chi connectivity index (χ2n) is 4.20. The Hall–Kier alpha value is -2.49. The predicted octanol–water partition coefficient (Wildman–Crippen LogP) is 3.75. The molecule has 0 aliphatic rings. The topological polar surface area (TPSA) is 28.5 Å². The molecular weight excluding hydrogens is 253 g/mol. The molecule has 0 amide bonds. The fraction of sp³-hybridized carbons (Fsp3) is 0.125. The van der Waals surface area contributed by atoms with Crippen molar-refractivity contribution < 1.29 is 4.39 Å². The molecule has 0 saturated heterocycles. The molecule has 3 nitrogen and oxygen atoms in total. The maximum Gasteiger partial charge on any atom is 0.123 e. The number of hydrogen-bond donors (Lipinski definition) is 0. The molecule has 1 aromatic heterocycles. The van der Waals surface area contributed by atoms with E-state index in [0.29, 0.717) is 5.70 Å². The van der Waals surface area contributed by atoms with Crippen LogP contribution >= 0.6 is 0 Å². The summed E-state index contributed by atoms with van der Waals surface area (Å²) < 4.78 is 12.9. The lowest BCUT2D eigenvalue weighted by atomic mass is 10.2. The number of hydrogen-bond acceptors (Lipinski definition) is 2. The molecule has 0 bridgehead atoms. The van der Waals surface area contributed by atoms with Crippen molar-refractivity contribution >= 4 is 17.7 Å². The molecule has 4 heteroatoms. The maximum atomic E-state index is 12.9. The second kappa shape index (κ2) is 6.61. The lowest BCUT2D eigenvalue weighted by Crippen LogP contribution is -2.20. The zero-order valence-corrected chi connectivity index (χ0v) is 11.3. The Labute approximate surface area is 118 Å². The molecule has 0 radical (unpaired) electrons. The van der Waals surface area contributed by atoms with Gasteiger partial charge in [-0.25, -0.2) is 9.38 Å². The Bertz CT molecular complexity index is 591. The summed E-state index contributed by atoms with van der Waals surface area (Å²) in [4.78, 5) is 10.4. The first-order valence-corrected chi connectivity index (χ1v) is 6.36. The third kappa shape index (κ3) is 3.51. The molecule has 0 saturated carbocycles. The van der Waals surface area contributed by atoms with E-state index in [4.69, 9.17) is 0 Å². The summed E-state index contributed by atoms with van der Waals surface area (Å²) >= 11 is 0. The van der Waals surface area contributed by atoms with Crippen molar-refractivity contribution in [2.45, 2.75) is 6.92 Å². The highest BCUT2D eigenvalue weighted by molar-refractivity contribution is 5.83. The van der Waals surface area contributed by atoms with E-state index in [1.807, 2.05) is 24.0 Å². The summed E-state index contributed by atoms with van der Waals surface area (Å²) in [6.45, 7) is 6.69. The summed E-state index contributed by atoms with van der Waals surface area (Å²) in [7, 11) is 0. The Morgan fingerprint density at radius 3 is 2.70 bits per heavy atom. The van der Waals surface area contributed by atoms with Gasteiger partial charge in [-0.1, -0.05) is 6.58 Å². The summed E-state index contributed by atoms with van der Waals surface area (Å²) in [5.41, 5.74) is 2.35. The zero-order valence-electron chi connectivity index (χ0n) is 11.3. The number of anilines is 1. The van der Waals surface area contributed by atoms with Crippen LogP contribution in [0.15, 0.2) is 60.4 Å².